The van der Waals surface area contributed by atoms with E-state index >= 15 is 0 Å². The van der Waals surface area contributed by atoms with Gasteiger partial charge in [0.1, 0.15) is 12.4 Å². The Morgan fingerprint density at radius 2 is 2.12 bits per heavy atom. The Labute approximate surface area is 148 Å². The highest BCUT2D eigenvalue weighted by atomic mass is 32.1. The highest BCUT2D eigenvalue weighted by Crippen LogP contribution is 2.21. The van der Waals surface area contributed by atoms with Gasteiger partial charge in [-0.25, -0.2) is 4.39 Å². The predicted molar refractivity (Wildman–Crippen MR) is 94.6 cm³/mol. The van der Waals surface area contributed by atoms with Crippen LogP contribution in [0.3, 0.4) is 0 Å². The topological polar surface area (TPSA) is 63.6 Å². The molecule has 1 aliphatic heterocycles. The molecule has 1 aromatic heterocycles. The first kappa shape index (κ1) is 17.6. The van der Waals surface area contributed by atoms with Gasteiger partial charge < -0.3 is 15.0 Å². The average Bonchev–Trinajstić information content (AvgIpc) is 2.93. The Bertz CT molecular complexity index is 812. The predicted octanol–water partition coefficient (Wildman–Crippen LogP) is 1.51. The van der Waals surface area contributed by atoms with Crippen LogP contribution in [0.15, 0.2) is 28.4 Å². The number of nitrogens with zero attached hydrogens (tertiary/aromatic N) is 2. The van der Waals surface area contributed by atoms with E-state index in [0.29, 0.717) is 37.6 Å². The first-order chi connectivity index (χ1) is 12.0. The smallest absolute Gasteiger partial charge is 0.307 e. The normalized spacial score (nSPS) is 14.6. The summed E-state index contributed by atoms with van der Waals surface area (Å²) in [6.07, 6.45) is 0. The lowest BCUT2D eigenvalue weighted by Gasteiger charge is -2.29. The Hall–Kier alpha value is -2.19. The lowest BCUT2D eigenvalue weighted by atomic mass is 10.1. The third-order valence-electron chi connectivity index (χ3n) is 4.13. The summed E-state index contributed by atoms with van der Waals surface area (Å²) in [7, 11) is 0. The molecule has 8 heteroatoms. The summed E-state index contributed by atoms with van der Waals surface area (Å²) in [5.74, 6) is -0.584. The van der Waals surface area contributed by atoms with E-state index in [2.05, 4.69) is 5.32 Å². The van der Waals surface area contributed by atoms with Gasteiger partial charge in [-0.3, -0.25) is 14.2 Å². The molecular formula is C17H20FN3O3S. The van der Waals surface area contributed by atoms with Crippen LogP contribution in [-0.4, -0.2) is 36.8 Å². The SMILES string of the molecule is Cc1csc(=O)n1CC(=O)NCc1ccc(N2CCOCC2)c(F)c1. The number of ether oxygens (including phenoxy) is 1. The molecule has 0 bridgehead atoms. The number of nitrogens with one attached hydrogen (secondary N) is 1. The highest BCUT2D eigenvalue weighted by molar-refractivity contribution is 7.07. The van der Waals surface area contributed by atoms with Crippen molar-refractivity contribution in [3.05, 3.63) is 50.3 Å². The number of amides is 1. The first-order valence-corrected chi connectivity index (χ1v) is 8.95. The number of carbonyl (C=O) groups excluding carboxylic acids is 1. The number of hydrogen-bond acceptors (Lipinski definition) is 5. The third-order valence-corrected chi connectivity index (χ3v) is 5.01. The quantitative estimate of drug-likeness (QED) is 0.873. The van der Waals surface area contributed by atoms with E-state index in [9.17, 15) is 14.0 Å². The molecule has 0 unspecified atom stereocenters. The van der Waals surface area contributed by atoms with E-state index in [0.717, 1.165) is 17.0 Å². The van der Waals surface area contributed by atoms with E-state index in [1.807, 2.05) is 4.90 Å². The second-order valence-corrected chi connectivity index (χ2v) is 6.71. The zero-order valence-electron chi connectivity index (χ0n) is 14.0. The van der Waals surface area contributed by atoms with E-state index in [4.69, 9.17) is 4.74 Å². The molecule has 0 aliphatic carbocycles. The van der Waals surface area contributed by atoms with Crippen molar-refractivity contribution in [2.24, 2.45) is 0 Å². The van der Waals surface area contributed by atoms with Crippen LogP contribution in [0.2, 0.25) is 0 Å². The molecule has 25 heavy (non-hydrogen) atoms. The van der Waals surface area contributed by atoms with E-state index in [-0.39, 0.29) is 29.7 Å². The molecular weight excluding hydrogens is 345 g/mol. The van der Waals surface area contributed by atoms with Crippen LogP contribution in [0.4, 0.5) is 10.1 Å². The van der Waals surface area contributed by atoms with Gasteiger partial charge in [-0.1, -0.05) is 17.4 Å². The van der Waals surface area contributed by atoms with Gasteiger partial charge in [-0.05, 0) is 24.6 Å². The molecule has 1 aliphatic rings. The van der Waals surface area contributed by atoms with Gasteiger partial charge in [0.2, 0.25) is 5.91 Å². The number of thiazole rings is 1. The monoisotopic (exact) mass is 365 g/mol. The van der Waals surface area contributed by atoms with Crippen molar-refractivity contribution in [3.8, 4) is 0 Å². The number of halogens is 1. The molecule has 134 valence electrons. The lowest BCUT2D eigenvalue weighted by Crippen LogP contribution is -2.36. The number of morpholine rings is 1. The van der Waals surface area contributed by atoms with E-state index in [1.165, 1.54) is 10.6 Å². The fourth-order valence-electron chi connectivity index (χ4n) is 2.72. The van der Waals surface area contributed by atoms with Crippen molar-refractivity contribution < 1.29 is 13.9 Å². The van der Waals surface area contributed by atoms with Crippen LogP contribution in [0.1, 0.15) is 11.3 Å². The summed E-state index contributed by atoms with van der Waals surface area (Å²) < 4.78 is 21.0. The molecule has 2 heterocycles. The molecule has 1 saturated heterocycles. The van der Waals surface area contributed by atoms with Crippen molar-refractivity contribution in [1.29, 1.82) is 0 Å². The maximum Gasteiger partial charge on any atom is 0.307 e. The standard InChI is InChI=1S/C17H20FN3O3S/c1-12-11-25-17(23)21(12)10-16(22)19-9-13-2-3-15(14(18)8-13)20-4-6-24-7-5-20/h2-3,8,11H,4-7,9-10H2,1H3,(H,19,22). The number of anilines is 1. The van der Waals surface area contributed by atoms with Crippen molar-refractivity contribution in [3.63, 3.8) is 0 Å². The molecule has 0 atom stereocenters. The molecule has 1 amide bonds. The second-order valence-electron chi connectivity index (χ2n) is 5.89. The summed E-state index contributed by atoms with van der Waals surface area (Å²) in [5, 5.41) is 4.44. The molecule has 0 radical (unpaired) electrons. The second kappa shape index (κ2) is 7.79. The lowest BCUT2D eigenvalue weighted by molar-refractivity contribution is -0.121. The number of rotatable bonds is 5. The molecule has 2 aromatic rings. The molecule has 0 spiro atoms. The molecule has 0 saturated carbocycles. The van der Waals surface area contributed by atoms with E-state index in [1.54, 1.807) is 24.4 Å². The number of aryl methyl sites for hydroxylation is 1. The van der Waals surface area contributed by atoms with Gasteiger partial charge in [0, 0.05) is 30.7 Å². The van der Waals surface area contributed by atoms with Gasteiger partial charge in [-0.2, -0.15) is 0 Å². The van der Waals surface area contributed by atoms with Crippen molar-refractivity contribution >= 4 is 22.9 Å². The molecule has 6 nitrogen and oxygen atoms in total. The van der Waals surface area contributed by atoms with Crippen molar-refractivity contribution in [1.82, 2.24) is 9.88 Å². The molecule has 1 aromatic carbocycles. The fourth-order valence-corrected chi connectivity index (χ4v) is 3.45. The number of aromatic nitrogens is 1. The maximum atomic E-state index is 14.3. The fraction of sp³-hybridized carbons (Fsp3) is 0.412. The Morgan fingerprint density at radius 1 is 1.36 bits per heavy atom. The molecule has 1 N–H and O–H groups in total. The van der Waals surface area contributed by atoms with Gasteiger partial charge in [0.05, 0.1) is 18.9 Å². The minimum absolute atomic E-state index is 0.0253. The highest BCUT2D eigenvalue weighted by Gasteiger charge is 2.15. The number of carbonyl (C=O) groups is 1. The Balaban J connectivity index is 1.58. The van der Waals surface area contributed by atoms with Gasteiger partial charge >= 0.3 is 4.87 Å². The minimum Gasteiger partial charge on any atom is -0.378 e. The summed E-state index contributed by atoms with van der Waals surface area (Å²) >= 11 is 1.07. The van der Waals surface area contributed by atoms with Crippen molar-refractivity contribution in [2.75, 3.05) is 31.2 Å². The van der Waals surface area contributed by atoms with Crippen LogP contribution < -0.4 is 15.1 Å². The summed E-state index contributed by atoms with van der Waals surface area (Å²) in [4.78, 5) is 25.4. The largest absolute Gasteiger partial charge is 0.378 e. The summed E-state index contributed by atoms with van der Waals surface area (Å²) in [6, 6.07) is 4.97. The number of hydrogen-bond donors (Lipinski definition) is 1. The van der Waals surface area contributed by atoms with Gasteiger partial charge in [-0.15, -0.1) is 0 Å². The Kier molecular flexibility index (Phi) is 5.50. The zero-order chi connectivity index (χ0) is 17.8. The van der Waals surface area contributed by atoms with Crippen LogP contribution in [0.25, 0.3) is 0 Å². The number of benzene rings is 1. The summed E-state index contributed by atoms with van der Waals surface area (Å²) in [6.45, 7) is 4.51. The minimum atomic E-state index is -0.307. The molecule has 3 rings (SSSR count). The van der Waals surface area contributed by atoms with E-state index < -0.39 is 0 Å². The zero-order valence-corrected chi connectivity index (χ0v) is 14.8. The van der Waals surface area contributed by atoms with Crippen LogP contribution in [0, 0.1) is 12.7 Å². The first-order valence-electron chi connectivity index (χ1n) is 8.07. The van der Waals surface area contributed by atoms with Gasteiger partial charge in [0.25, 0.3) is 0 Å². The molecule has 1 fully saturated rings. The summed E-state index contributed by atoms with van der Waals surface area (Å²) in [5.41, 5.74) is 1.99. The van der Waals surface area contributed by atoms with Crippen molar-refractivity contribution in [2.45, 2.75) is 20.0 Å². The average molecular weight is 365 g/mol. The third kappa shape index (κ3) is 4.26. The van der Waals surface area contributed by atoms with Crippen LogP contribution in [-0.2, 0) is 22.6 Å². The Morgan fingerprint density at radius 3 is 2.76 bits per heavy atom. The van der Waals surface area contributed by atoms with Gasteiger partial charge in [0.15, 0.2) is 0 Å². The van der Waals surface area contributed by atoms with Crippen LogP contribution >= 0.6 is 11.3 Å². The maximum absolute atomic E-state index is 14.3. The van der Waals surface area contributed by atoms with Crippen LogP contribution in [0.5, 0.6) is 0 Å².